The molecule has 0 aliphatic carbocycles. The molecule has 0 bridgehead atoms. The van der Waals surface area contributed by atoms with Crippen LogP contribution in [-0.4, -0.2) is 19.9 Å². The summed E-state index contributed by atoms with van der Waals surface area (Å²) in [5, 5.41) is 4.50. The standard InChI is InChI=1S/C16H10N4/c1-2-4-20-9-11-7-18-12-8-17-5-10-6-19-16(13(20)3-1)15(11)14(10)12/h1-8H,9H2. The van der Waals surface area contributed by atoms with E-state index in [1.165, 1.54) is 16.3 Å². The van der Waals surface area contributed by atoms with Gasteiger partial charge in [-0.15, -0.1) is 0 Å². The number of hydrogen-bond acceptors (Lipinski definition) is 4. The molecule has 0 N–H and O–H groups in total. The second kappa shape index (κ2) is 3.42. The van der Waals surface area contributed by atoms with Crippen LogP contribution in [0.2, 0.25) is 0 Å². The van der Waals surface area contributed by atoms with Gasteiger partial charge in [0, 0.05) is 53.1 Å². The van der Waals surface area contributed by atoms with E-state index in [9.17, 15) is 0 Å². The third-order valence-corrected chi connectivity index (χ3v) is 3.98. The summed E-state index contributed by atoms with van der Waals surface area (Å²) in [6.07, 6.45) is 15.8. The van der Waals surface area contributed by atoms with Gasteiger partial charge in [0.2, 0.25) is 0 Å². The fraction of sp³-hybridized carbons (Fsp3) is 0.0625. The second-order valence-corrected chi connectivity index (χ2v) is 5.10. The largest absolute Gasteiger partial charge is 0.342 e. The number of fused-ring (bicyclic) bond motifs is 1. The maximum absolute atomic E-state index is 4.67. The van der Waals surface area contributed by atoms with Crippen molar-refractivity contribution in [2.75, 3.05) is 0 Å². The van der Waals surface area contributed by atoms with E-state index in [0.717, 1.165) is 28.5 Å². The fourth-order valence-electron chi connectivity index (χ4n) is 3.10. The number of nitrogens with zero attached hydrogens (tertiary/aromatic N) is 4. The summed E-state index contributed by atoms with van der Waals surface area (Å²) >= 11 is 0. The van der Waals surface area contributed by atoms with Crippen LogP contribution in [0.1, 0.15) is 5.56 Å². The first kappa shape index (κ1) is 10.1. The predicted molar refractivity (Wildman–Crippen MR) is 77.3 cm³/mol. The Bertz CT molecular complexity index is 969. The summed E-state index contributed by atoms with van der Waals surface area (Å²) < 4.78 is 0. The van der Waals surface area contributed by atoms with Crippen LogP contribution in [-0.2, 0) is 6.54 Å². The molecule has 2 aliphatic heterocycles. The molecule has 0 radical (unpaired) electrons. The first-order valence-corrected chi connectivity index (χ1v) is 6.57. The van der Waals surface area contributed by atoms with E-state index in [1.807, 2.05) is 30.9 Å². The molecule has 0 spiro atoms. The molecule has 0 saturated carbocycles. The zero-order valence-electron chi connectivity index (χ0n) is 10.6. The summed E-state index contributed by atoms with van der Waals surface area (Å²) in [7, 11) is 0. The SMILES string of the molecule is C1=CC2=c3ncc4cncc5ncc(c3c45)CN2C=C1. The van der Waals surface area contributed by atoms with Gasteiger partial charge in [0.1, 0.15) is 0 Å². The molecule has 0 fully saturated rings. The van der Waals surface area contributed by atoms with Crippen LogP contribution in [0.15, 0.2) is 49.2 Å². The molecule has 0 saturated heterocycles. The molecule has 2 aliphatic rings. The molecule has 0 atom stereocenters. The van der Waals surface area contributed by atoms with Crippen molar-refractivity contribution in [3.63, 3.8) is 0 Å². The van der Waals surface area contributed by atoms with Gasteiger partial charge < -0.3 is 4.90 Å². The summed E-state index contributed by atoms with van der Waals surface area (Å²) in [5.74, 6) is 0. The van der Waals surface area contributed by atoms with Gasteiger partial charge in [0.15, 0.2) is 0 Å². The van der Waals surface area contributed by atoms with E-state index in [-0.39, 0.29) is 0 Å². The lowest BCUT2D eigenvalue weighted by molar-refractivity contribution is 0.517. The number of hydrogen-bond donors (Lipinski definition) is 0. The van der Waals surface area contributed by atoms with Gasteiger partial charge in [-0.2, -0.15) is 0 Å². The zero-order valence-corrected chi connectivity index (χ0v) is 10.6. The van der Waals surface area contributed by atoms with Gasteiger partial charge in [-0.1, -0.05) is 6.08 Å². The summed E-state index contributed by atoms with van der Waals surface area (Å²) in [6.45, 7) is 0.842. The van der Waals surface area contributed by atoms with E-state index in [1.54, 1.807) is 0 Å². The maximum atomic E-state index is 4.67. The molecule has 94 valence electrons. The second-order valence-electron chi connectivity index (χ2n) is 5.10. The maximum Gasteiger partial charge on any atom is 0.0950 e. The van der Waals surface area contributed by atoms with Gasteiger partial charge in [-0.3, -0.25) is 15.0 Å². The topological polar surface area (TPSA) is 41.9 Å². The van der Waals surface area contributed by atoms with E-state index < -0.39 is 0 Å². The molecule has 3 aromatic rings. The lowest BCUT2D eigenvalue weighted by Crippen LogP contribution is -2.30. The normalized spacial score (nSPS) is 16.2. The quantitative estimate of drug-likeness (QED) is 0.617. The molecule has 4 nitrogen and oxygen atoms in total. The average molecular weight is 258 g/mol. The molecular formula is C16H10N4. The van der Waals surface area contributed by atoms with Crippen molar-refractivity contribution >= 4 is 27.4 Å². The molecule has 20 heavy (non-hydrogen) atoms. The molecule has 5 rings (SSSR count). The smallest absolute Gasteiger partial charge is 0.0950 e. The number of aromatic nitrogens is 3. The Labute approximate surface area is 114 Å². The third-order valence-electron chi connectivity index (χ3n) is 3.98. The summed E-state index contributed by atoms with van der Waals surface area (Å²) in [6, 6.07) is 0. The van der Waals surface area contributed by atoms with Crippen molar-refractivity contribution in [2.45, 2.75) is 6.54 Å². The van der Waals surface area contributed by atoms with Gasteiger partial charge in [0.05, 0.1) is 22.8 Å². The minimum absolute atomic E-state index is 0.842. The highest BCUT2D eigenvalue weighted by molar-refractivity contribution is 6.09. The van der Waals surface area contributed by atoms with Gasteiger partial charge in [-0.25, -0.2) is 0 Å². The Morgan fingerprint density at radius 3 is 2.95 bits per heavy atom. The highest BCUT2D eigenvalue weighted by atomic mass is 15.1. The minimum Gasteiger partial charge on any atom is -0.342 e. The number of rotatable bonds is 0. The highest BCUT2D eigenvalue weighted by Gasteiger charge is 2.20. The van der Waals surface area contributed by atoms with Gasteiger partial charge >= 0.3 is 0 Å². The van der Waals surface area contributed by atoms with Crippen LogP contribution in [0.4, 0.5) is 0 Å². The minimum atomic E-state index is 0.842. The average Bonchev–Trinajstić information content (AvgIpc) is 2.52. The lowest BCUT2D eigenvalue weighted by Gasteiger charge is -2.28. The molecule has 5 heterocycles. The van der Waals surface area contributed by atoms with Crippen molar-refractivity contribution in [3.05, 3.63) is 60.1 Å². The lowest BCUT2D eigenvalue weighted by atomic mass is 9.99. The predicted octanol–water partition coefficient (Wildman–Crippen LogP) is 1.90. The van der Waals surface area contributed by atoms with E-state index in [4.69, 9.17) is 0 Å². The zero-order chi connectivity index (χ0) is 13.1. The van der Waals surface area contributed by atoms with Crippen LogP contribution in [0.25, 0.3) is 27.4 Å². The van der Waals surface area contributed by atoms with E-state index in [2.05, 4.69) is 38.2 Å². The van der Waals surface area contributed by atoms with Crippen LogP contribution in [0.5, 0.6) is 0 Å². The van der Waals surface area contributed by atoms with Crippen molar-refractivity contribution in [1.29, 1.82) is 0 Å². The Hall–Kier alpha value is -2.75. The Morgan fingerprint density at radius 1 is 0.950 bits per heavy atom. The number of allylic oxidation sites excluding steroid dienone is 2. The molecule has 0 aromatic carbocycles. The summed E-state index contributed by atoms with van der Waals surface area (Å²) in [4.78, 5) is 15.7. The molecule has 3 aromatic heterocycles. The van der Waals surface area contributed by atoms with Crippen molar-refractivity contribution in [3.8, 4) is 0 Å². The first-order chi connectivity index (χ1) is 9.92. The van der Waals surface area contributed by atoms with Crippen molar-refractivity contribution in [1.82, 2.24) is 19.9 Å². The Kier molecular flexibility index (Phi) is 1.72. The van der Waals surface area contributed by atoms with Crippen LogP contribution < -0.4 is 5.35 Å². The van der Waals surface area contributed by atoms with E-state index in [0.29, 0.717) is 0 Å². The highest BCUT2D eigenvalue weighted by Crippen LogP contribution is 2.29. The van der Waals surface area contributed by atoms with Gasteiger partial charge in [0.25, 0.3) is 0 Å². The van der Waals surface area contributed by atoms with Crippen LogP contribution in [0.3, 0.4) is 0 Å². The molecule has 4 heteroatoms. The van der Waals surface area contributed by atoms with Crippen molar-refractivity contribution in [2.24, 2.45) is 0 Å². The fourth-order valence-corrected chi connectivity index (χ4v) is 3.10. The third kappa shape index (κ3) is 1.13. The summed E-state index contributed by atoms with van der Waals surface area (Å²) in [5.41, 5.74) is 3.32. The Morgan fingerprint density at radius 2 is 1.95 bits per heavy atom. The molecule has 0 unspecified atom stereocenters. The first-order valence-electron chi connectivity index (χ1n) is 6.57. The number of pyridine rings is 3. The molecule has 0 amide bonds. The monoisotopic (exact) mass is 258 g/mol. The van der Waals surface area contributed by atoms with Crippen molar-refractivity contribution < 1.29 is 0 Å². The van der Waals surface area contributed by atoms with Crippen LogP contribution >= 0.6 is 0 Å². The Balaban J connectivity index is 2.11. The molecular weight excluding hydrogens is 248 g/mol. The van der Waals surface area contributed by atoms with Gasteiger partial charge in [-0.05, 0) is 12.2 Å². The van der Waals surface area contributed by atoms with Crippen LogP contribution in [0, 0.1) is 0 Å². The van der Waals surface area contributed by atoms with E-state index >= 15 is 0 Å².